The number of para-hydroxylation sites is 1. The van der Waals surface area contributed by atoms with Crippen LogP contribution in [0.1, 0.15) is 18.9 Å². The molecule has 96 valence electrons. The minimum absolute atomic E-state index is 0.353. The predicted molar refractivity (Wildman–Crippen MR) is 71.6 cm³/mol. The Morgan fingerprint density at radius 2 is 2.11 bits per heavy atom. The molecule has 0 saturated heterocycles. The average Bonchev–Trinajstić information content (AvgIpc) is 2.68. The second-order valence-corrected chi connectivity index (χ2v) is 4.85. The van der Waals surface area contributed by atoms with E-state index in [1.54, 1.807) is 6.92 Å². The Kier molecular flexibility index (Phi) is 3.13. The molecule has 1 heterocycles. The maximum absolute atomic E-state index is 11.6. The summed E-state index contributed by atoms with van der Waals surface area (Å²) in [7, 11) is 1.93. The molecule has 3 N–H and O–H groups in total. The first-order chi connectivity index (χ1) is 8.50. The summed E-state index contributed by atoms with van der Waals surface area (Å²) in [4.78, 5) is 11.6. The van der Waals surface area contributed by atoms with E-state index in [4.69, 9.17) is 5.73 Å². The van der Waals surface area contributed by atoms with Gasteiger partial charge in [-0.2, -0.15) is 0 Å². The predicted octanol–water partition coefficient (Wildman–Crippen LogP) is 1.87. The van der Waals surface area contributed by atoms with Crippen molar-refractivity contribution < 1.29 is 9.90 Å². The molecule has 4 heteroatoms. The van der Waals surface area contributed by atoms with E-state index in [0.717, 1.165) is 16.5 Å². The number of carboxylic acids is 1. The number of nitrogens with zero attached hydrogens (tertiary/aromatic N) is 1. The standard InChI is InChI=1S/C14H18N2O2/c1-14(7-8-15,13(17)18)11-9-16(2)12-6-4-3-5-10(11)12/h3-6,9H,7-8,15H2,1-2H3,(H,17,18). The highest BCUT2D eigenvalue weighted by Crippen LogP contribution is 2.34. The molecule has 0 aliphatic carbocycles. The van der Waals surface area contributed by atoms with Gasteiger partial charge in [0.2, 0.25) is 0 Å². The van der Waals surface area contributed by atoms with Crippen LogP contribution in [-0.4, -0.2) is 22.2 Å². The first-order valence-corrected chi connectivity index (χ1v) is 5.98. The highest BCUT2D eigenvalue weighted by Gasteiger charge is 2.36. The number of rotatable bonds is 4. The zero-order valence-corrected chi connectivity index (χ0v) is 10.7. The van der Waals surface area contributed by atoms with Gasteiger partial charge in [0.05, 0.1) is 5.41 Å². The van der Waals surface area contributed by atoms with Crippen LogP contribution in [0.4, 0.5) is 0 Å². The van der Waals surface area contributed by atoms with Crippen molar-refractivity contribution in [2.45, 2.75) is 18.8 Å². The Morgan fingerprint density at radius 1 is 1.44 bits per heavy atom. The van der Waals surface area contributed by atoms with Gasteiger partial charge in [-0.3, -0.25) is 4.79 Å². The van der Waals surface area contributed by atoms with Gasteiger partial charge in [-0.15, -0.1) is 0 Å². The van der Waals surface area contributed by atoms with E-state index in [2.05, 4.69) is 0 Å². The maximum atomic E-state index is 11.6. The second kappa shape index (κ2) is 4.46. The van der Waals surface area contributed by atoms with Gasteiger partial charge in [-0.25, -0.2) is 0 Å². The zero-order valence-electron chi connectivity index (χ0n) is 10.7. The van der Waals surface area contributed by atoms with Crippen LogP contribution >= 0.6 is 0 Å². The Balaban J connectivity index is 2.69. The Bertz CT molecular complexity index is 588. The lowest BCUT2D eigenvalue weighted by Gasteiger charge is -2.23. The van der Waals surface area contributed by atoms with Gasteiger partial charge in [0.25, 0.3) is 0 Å². The third kappa shape index (κ3) is 1.78. The summed E-state index contributed by atoms with van der Waals surface area (Å²) in [6, 6.07) is 7.83. The van der Waals surface area contributed by atoms with Crippen LogP contribution in [0.3, 0.4) is 0 Å². The number of fused-ring (bicyclic) bond motifs is 1. The van der Waals surface area contributed by atoms with E-state index in [0.29, 0.717) is 13.0 Å². The van der Waals surface area contributed by atoms with Gasteiger partial charge >= 0.3 is 5.97 Å². The number of aliphatic carboxylic acids is 1. The molecule has 18 heavy (non-hydrogen) atoms. The van der Waals surface area contributed by atoms with Crippen molar-refractivity contribution in [2.24, 2.45) is 12.8 Å². The Labute approximate surface area is 106 Å². The summed E-state index contributed by atoms with van der Waals surface area (Å²) in [6.45, 7) is 2.09. The van der Waals surface area contributed by atoms with E-state index in [1.807, 2.05) is 42.1 Å². The highest BCUT2D eigenvalue weighted by atomic mass is 16.4. The zero-order chi connectivity index (χ0) is 13.3. The lowest BCUT2D eigenvalue weighted by atomic mass is 9.79. The third-order valence-electron chi connectivity index (χ3n) is 3.61. The number of hydrogen-bond acceptors (Lipinski definition) is 2. The molecule has 2 aromatic rings. The number of hydrogen-bond donors (Lipinski definition) is 2. The molecule has 0 spiro atoms. The molecule has 0 radical (unpaired) electrons. The summed E-state index contributed by atoms with van der Waals surface area (Å²) in [5.74, 6) is -0.829. The molecule has 0 fully saturated rings. The molecule has 1 unspecified atom stereocenters. The van der Waals surface area contributed by atoms with Crippen molar-refractivity contribution in [1.29, 1.82) is 0 Å². The Hall–Kier alpha value is -1.81. The molecule has 4 nitrogen and oxygen atoms in total. The summed E-state index contributed by atoms with van der Waals surface area (Å²) in [5, 5.41) is 10.5. The molecule has 2 rings (SSSR count). The molecule has 0 aliphatic rings. The Morgan fingerprint density at radius 3 is 2.72 bits per heavy atom. The fourth-order valence-corrected chi connectivity index (χ4v) is 2.43. The fourth-order valence-electron chi connectivity index (χ4n) is 2.43. The highest BCUT2D eigenvalue weighted by molar-refractivity contribution is 5.92. The van der Waals surface area contributed by atoms with Crippen molar-refractivity contribution in [2.75, 3.05) is 6.54 Å². The summed E-state index contributed by atoms with van der Waals surface area (Å²) in [6.07, 6.45) is 2.32. The third-order valence-corrected chi connectivity index (χ3v) is 3.61. The van der Waals surface area contributed by atoms with Gasteiger partial charge < -0.3 is 15.4 Å². The van der Waals surface area contributed by atoms with E-state index < -0.39 is 11.4 Å². The van der Waals surface area contributed by atoms with Crippen LogP contribution in [-0.2, 0) is 17.3 Å². The van der Waals surface area contributed by atoms with Crippen molar-refractivity contribution in [3.05, 3.63) is 36.0 Å². The maximum Gasteiger partial charge on any atom is 0.313 e. The minimum Gasteiger partial charge on any atom is -0.481 e. The van der Waals surface area contributed by atoms with Gasteiger partial charge in [0.15, 0.2) is 0 Å². The van der Waals surface area contributed by atoms with Crippen LogP contribution < -0.4 is 5.73 Å². The lowest BCUT2D eigenvalue weighted by molar-refractivity contribution is -0.143. The summed E-state index contributed by atoms with van der Waals surface area (Å²) < 4.78 is 1.96. The topological polar surface area (TPSA) is 68.2 Å². The molecular formula is C14H18N2O2. The molecule has 1 aromatic carbocycles. The molecule has 0 aliphatic heterocycles. The summed E-state index contributed by atoms with van der Waals surface area (Å²) >= 11 is 0. The van der Waals surface area contributed by atoms with Crippen molar-refractivity contribution >= 4 is 16.9 Å². The van der Waals surface area contributed by atoms with Gasteiger partial charge in [-0.1, -0.05) is 18.2 Å². The van der Waals surface area contributed by atoms with Crippen molar-refractivity contribution in [1.82, 2.24) is 4.57 Å². The quantitative estimate of drug-likeness (QED) is 0.865. The van der Waals surface area contributed by atoms with Crippen LogP contribution in [0, 0.1) is 0 Å². The van der Waals surface area contributed by atoms with Crippen molar-refractivity contribution in [3.63, 3.8) is 0 Å². The van der Waals surface area contributed by atoms with Crippen LogP contribution in [0.15, 0.2) is 30.5 Å². The molecular weight excluding hydrogens is 228 g/mol. The van der Waals surface area contributed by atoms with E-state index in [9.17, 15) is 9.90 Å². The largest absolute Gasteiger partial charge is 0.481 e. The molecule has 1 atom stereocenters. The van der Waals surface area contributed by atoms with E-state index in [-0.39, 0.29) is 0 Å². The number of aryl methyl sites for hydroxylation is 1. The first-order valence-electron chi connectivity index (χ1n) is 5.98. The number of carbonyl (C=O) groups is 1. The summed E-state index contributed by atoms with van der Waals surface area (Å²) in [5.41, 5.74) is 6.51. The SMILES string of the molecule is Cn1cc(C(C)(CCN)C(=O)O)c2ccccc21. The van der Waals surface area contributed by atoms with Crippen LogP contribution in [0.5, 0.6) is 0 Å². The van der Waals surface area contributed by atoms with Crippen LogP contribution in [0.25, 0.3) is 10.9 Å². The van der Waals surface area contributed by atoms with Gasteiger partial charge in [0, 0.05) is 24.1 Å². The normalized spacial score (nSPS) is 14.6. The molecule has 1 aromatic heterocycles. The van der Waals surface area contributed by atoms with Gasteiger partial charge in [-0.05, 0) is 31.5 Å². The number of nitrogens with two attached hydrogens (primary N) is 1. The lowest BCUT2D eigenvalue weighted by Crippen LogP contribution is -2.34. The number of carboxylic acid groups (broad SMARTS) is 1. The van der Waals surface area contributed by atoms with Crippen LogP contribution in [0.2, 0.25) is 0 Å². The fraction of sp³-hybridized carbons (Fsp3) is 0.357. The number of aromatic nitrogens is 1. The number of benzene rings is 1. The monoisotopic (exact) mass is 246 g/mol. The molecule has 0 bridgehead atoms. The smallest absolute Gasteiger partial charge is 0.313 e. The van der Waals surface area contributed by atoms with E-state index in [1.165, 1.54) is 0 Å². The second-order valence-electron chi connectivity index (χ2n) is 4.85. The molecule has 0 amide bonds. The minimum atomic E-state index is -0.935. The first kappa shape index (κ1) is 12.6. The van der Waals surface area contributed by atoms with Crippen molar-refractivity contribution in [3.8, 4) is 0 Å². The van der Waals surface area contributed by atoms with Gasteiger partial charge in [0.1, 0.15) is 0 Å². The van der Waals surface area contributed by atoms with E-state index >= 15 is 0 Å². The molecule has 0 saturated carbocycles. The average molecular weight is 246 g/mol.